The number of aromatic nitrogens is 1. The van der Waals surface area contributed by atoms with Crippen molar-refractivity contribution in [2.24, 2.45) is 11.7 Å². The summed E-state index contributed by atoms with van der Waals surface area (Å²) >= 11 is 26.7. The molecule has 656 valence electrons. The molecule has 11 bridgehead atoms. The van der Waals surface area contributed by atoms with Gasteiger partial charge in [0.05, 0.1) is 59.8 Å². The number of aliphatic hydroxyl groups excluding tert-OH is 7. The van der Waals surface area contributed by atoms with E-state index in [0.29, 0.717) is 5.56 Å². The van der Waals surface area contributed by atoms with Crippen LogP contribution in [0.4, 0.5) is 5.69 Å². The third-order valence-corrected chi connectivity index (χ3v) is 22.1. The molecule has 6 aromatic carbocycles. The number of aliphatic hydroxyl groups is 7. The second-order valence-electron chi connectivity index (χ2n) is 30.5. The van der Waals surface area contributed by atoms with Gasteiger partial charge in [-0.15, -0.1) is 0 Å². The zero-order valence-electron chi connectivity index (χ0n) is 65.9. The van der Waals surface area contributed by atoms with E-state index in [1.807, 2.05) is 13.8 Å². The van der Waals surface area contributed by atoms with Crippen LogP contribution in [0.25, 0.3) is 11.1 Å². The van der Waals surface area contributed by atoms with Crippen LogP contribution in [0.15, 0.2) is 116 Å². The maximum absolute atomic E-state index is 16.3. The van der Waals surface area contributed by atoms with Gasteiger partial charge in [0.25, 0.3) is 11.8 Å². The Morgan fingerprint density at radius 1 is 0.691 bits per heavy atom. The van der Waals surface area contributed by atoms with Crippen LogP contribution in [-0.2, 0) is 59.1 Å². The minimum absolute atomic E-state index is 0.0204. The number of ether oxygens (including phenoxy) is 6. The quantitative estimate of drug-likeness (QED) is 0.0363. The van der Waals surface area contributed by atoms with Crippen LogP contribution in [0.2, 0.25) is 20.1 Å². The Morgan fingerprint density at radius 2 is 1.33 bits per heavy atom. The molecule has 9 amide bonds. The first-order valence-corrected chi connectivity index (χ1v) is 40.0. The van der Waals surface area contributed by atoms with Gasteiger partial charge >= 0.3 is 0 Å². The lowest BCUT2D eigenvalue weighted by Crippen LogP contribution is -2.65. The Labute approximate surface area is 720 Å². The molecule has 0 aliphatic carbocycles. The monoisotopic (exact) mass is 1780 g/mol. The number of primary amides is 1. The molecule has 1 unspecified atom stereocenters. The Hall–Kier alpha value is -10.9. The van der Waals surface area contributed by atoms with E-state index in [2.05, 4.69) is 63.7 Å². The Bertz CT molecular complexity index is 5200. The maximum Gasteiger partial charge on any atom is 0.261 e. The van der Waals surface area contributed by atoms with Crippen molar-refractivity contribution in [2.75, 3.05) is 32.1 Å². The minimum atomic E-state index is -2.39. The van der Waals surface area contributed by atoms with Crippen molar-refractivity contribution in [1.82, 2.24) is 58.4 Å². The summed E-state index contributed by atoms with van der Waals surface area (Å²) in [7, 11) is 1.47. The largest absolute Gasteiger partial charge is 0.508 e. The lowest BCUT2D eigenvalue weighted by molar-refractivity contribution is -0.334. The molecule has 0 radical (unpaired) electrons. The van der Waals surface area contributed by atoms with Crippen LogP contribution in [0, 0.1) is 5.92 Å². The first kappa shape index (κ1) is 91.3. The third-order valence-electron chi connectivity index (χ3n) is 21.1. The maximum atomic E-state index is 16.3. The highest BCUT2D eigenvalue weighted by Gasteiger charge is 2.52. The van der Waals surface area contributed by atoms with E-state index in [1.54, 1.807) is 13.0 Å². The molecule has 42 heteroatoms. The van der Waals surface area contributed by atoms with Crippen LogP contribution in [0.3, 0.4) is 0 Å². The molecule has 7 aliphatic rings. The number of anilines is 1. The number of rotatable bonds is 21. The highest BCUT2D eigenvalue weighted by molar-refractivity contribution is 6.35. The lowest BCUT2D eigenvalue weighted by Gasteiger charge is -2.48. The van der Waals surface area contributed by atoms with Crippen molar-refractivity contribution in [1.29, 1.82) is 0 Å². The molecule has 1 aromatic heterocycles. The SMILES string of the molecule is CN[C@H](CC(C)C)C(=O)N[C@H]1C(=O)N[C@@H](CC(N)=O)C(=O)N[C@H]2C(=O)N[C@H]3C(=O)N[C@H](C(=O)N[C@@H](C(=O)NNCCO)c4cc(O)cc(O)c4-c4cc3ccc4O)[C@H](O)c3ccc(c(Cl)c3)Oc3cc2cc(c3OC2O[C@H](CO)[C@@H](O)[C@H](O)[C@H]2O[C@H]2C[C@@](C)(NCc3cncc(NC(=O)c4cc(Cl)cc(Cl)c4)c3)[C@H](O)[C@H](C)O2)Oc2ccc(cc2Cl)[C@H]1O. The number of nitrogens with zero attached hydrogens (tertiary/aromatic N) is 1. The summed E-state index contributed by atoms with van der Waals surface area (Å²) in [6.07, 6.45) is -16.5. The Morgan fingerprint density at radius 3 is 1.97 bits per heavy atom. The summed E-state index contributed by atoms with van der Waals surface area (Å²) in [4.78, 5) is 138. The molecule has 0 spiro atoms. The number of hydrogen-bond acceptors (Lipinski definition) is 29. The molecule has 7 aliphatic heterocycles. The van der Waals surface area contributed by atoms with Crippen LogP contribution >= 0.6 is 46.4 Å². The van der Waals surface area contributed by atoms with Gasteiger partial charge in [0.1, 0.15) is 95.5 Å². The highest BCUT2D eigenvalue weighted by Crippen LogP contribution is 2.50. The van der Waals surface area contributed by atoms with Gasteiger partial charge < -0.3 is 133 Å². The molecule has 23 N–H and O–H groups in total. The number of likely N-dealkylation sites (N-methyl/N-ethyl adjacent to an activating group) is 1. The molecule has 14 rings (SSSR count). The standard InChI is InChI=1S/C81H89Cl4N13O25/c1-32(2)14-48(87-5)73(111)96-63-65(105)36-7-10-52(46(84)19-36)119-54-21-38-22-55(69(54)123-80-70(68(108)67(107)56(31-100)121-80)122-58-27-81(4,71(109)33(3)118-58)89-29-34-15-42(30-88-28-34)91-72(110)39-16-40(82)23-41(83)17-39)120-53-11-8-37(20-47(53)85)66(106)64-78(116)95-62(79(117)98-90-12-13-99)45-24-43(101)25-51(103)59(45)44-18-35(6-9-50(44)102)60(75(113)97-64)94-76(114)61(38)93-74(112)49(26-57(86)104)92-77(63)115/h6-11,15-25,28,30,32-33,48-49,56,58,60-68,70-71,80,87,89-90,99-103,105-109H,12-14,26-27,29,31H2,1-5H3,(H2,86,104)(H,91,110)(H,92,115)(H,93,112)(H,94,114)(H,95,116)(H,96,111)(H,97,113)(H,98,117)/t33-,48+,49-,56+,58-,60+,61+,62+,63+,64-,65+,66+,67+,68-,70+,71+,80?,81+/m0/s1. The summed E-state index contributed by atoms with van der Waals surface area (Å²) in [6, 6.07) is 5.46. The summed E-state index contributed by atoms with van der Waals surface area (Å²) in [5, 5.41) is 140. The fraction of sp³-hybridized carbons (Fsp3) is 0.383. The number of pyridine rings is 1. The number of carbonyl (C=O) groups excluding carboxylic acids is 9. The predicted molar refractivity (Wildman–Crippen MR) is 436 cm³/mol. The number of phenolic OH excluding ortho intramolecular Hbond substituents is 3. The number of hydrazine groups is 1. The van der Waals surface area contributed by atoms with Crippen LogP contribution in [-0.4, -0.2) is 215 Å². The van der Waals surface area contributed by atoms with E-state index in [-0.39, 0.29) is 75.6 Å². The van der Waals surface area contributed by atoms with E-state index in [4.69, 9.17) is 80.6 Å². The van der Waals surface area contributed by atoms with Gasteiger partial charge in [0, 0.05) is 64.0 Å². The Kier molecular flexibility index (Phi) is 28.9. The summed E-state index contributed by atoms with van der Waals surface area (Å²) < 4.78 is 39.5. The molecule has 18 atom stereocenters. The van der Waals surface area contributed by atoms with Crippen LogP contribution < -0.4 is 78.6 Å². The molecule has 38 nitrogen and oxygen atoms in total. The van der Waals surface area contributed by atoms with Gasteiger partial charge in [-0.3, -0.25) is 53.6 Å². The fourth-order valence-electron chi connectivity index (χ4n) is 14.8. The second kappa shape index (κ2) is 38.9. The fourth-order valence-corrected chi connectivity index (χ4v) is 15.8. The topological polar surface area (TPSA) is 583 Å². The first-order valence-electron chi connectivity index (χ1n) is 38.5. The Balaban J connectivity index is 1.03. The smallest absolute Gasteiger partial charge is 0.261 e. The normalized spacial score (nSPS) is 26.2. The van der Waals surface area contributed by atoms with Crippen molar-refractivity contribution in [3.8, 4) is 57.1 Å². The van der Waals surface area contributed by atoms with Gasteiger partial charge in [0.15, 0.2) is 23.9 Å². The van der Waals surface area contributed by atoms with Crippen molar-refractivity contribution in [3.63, 3.8) is 0 Å². The number of benzene rings is 6. The molecular formula is C81H89Cl4N13O25. The van der Waals surface area contributed by atoms with Crippen LogP contribution in [0.1, 0.15) is 121 Å². The number of halogens is 4. The summed E-state index contributed by atoms with van der Waals surface area (Å²) in [5.41, 5.74) is 7.39. The molecule has 2 fully saturated rings. The average Bonchev–Trinajstić information content (AvgIpc) is 0.765. The predicted octanol–water partition coefficient (Wildman–Crippen LogP) is 2.42. The number of nitrogens with one attached hydrogen (secondary N) is 11. The van der Waals surface area contributed by atoms with E-state index < -0.39 is 255 Å². The van der Waals surface area contributed by atoms with Crippen molar-refractivity contribution < 1.29 is 123 Å². The molecule has 7 aromatic rings. The van der Waals surface area contributed by atoms with E-state index >= 15 is 24.0 Å². The lowest BCUT2D eigenvalue weighted by atomic mass is 9.84. The summed E-state index contributed by atoms with van der Waals surface area (Å²) in [5.74, 6) is -16.0. The minimum Gasteiger partial charge on any atom is -0.508 e. The van der Waals surface area contributed by atoms with Gasteiger partial charge in [-0.25, -0.2) is 5.43 Å². The number of amides is 9. The zero-order valence-corrected chi connectivity index (χ0v) is 69.0. The van der Waals surface area contributed by atoms with Gasteiger partial charge in [0.2, 0.25) is 53.4 Å². The number of hydrogen-bond donors (Lipinski definition) is 22. The van der Waals surface area contributed by atoms with Gasteiger partial charge in [-0.2, -0.15) is 0 Å². The van der Waals surface area contributed by atoms with Gasteiger partial charge in [-0.05, 0) is 145 Å². The van der Waals surface area contributed by atoms with Gasteiger partial charge in [-0.1, -0.05) is 78.5 Å². The first-order chi connectivity index (χ1) is 58.4. The van der Waals surface area contributed by atoms with Crippen molar-refractivity contribution >= 4 is 105 Å². The van der Waals surface area contributed by atoms with Crippen molar-refractivity contribution in [2.45, 2.75) is 163 Å². The third kappa shape index (κ3) is 20.8. The highest BCUT2D eigenvalue weighted by atomic mass is 35.5. The number of carbonyl (C=O) groups is 9. The van der Waals surface area contributed by atoms with Crippen molar-refractivity contribution in [3.05, 3.63) is 175 Å². The summed E-state index contributed by atoms with van der Waals surface area (Å²) in [6.45, 7) is 4.94. The molecule has 2 saturated heterocycles. The molecular weight excluding hydrogens is 1700 g/mol. The van der Waals surface area contributed by atoms with Crippen LogP contribution in [0.5, 0.6) is 46.0 Å². The zero-order chi connectivity index (χ0) is 88.9. The number of phenols is 3. The average molecular weight is 1790 g/mol. The molecule has 0 saturated carbocycles. The number of aromatic hydroxyl groups is 3. The second-order valence-corrected chi connectivity index (χ2v) is 32.2. The number of nitrogens with two attached hydrogens (primary N) is 1. The van der Waals surface area contributed by atoms with E-state index in [1.165, 1.54) is 56.7 Å². The molecule has 123 heavy (non-hydrogen) atoms. The van der Waals surface area contributed by atoms with E-state index in [0.717, 1.165) is 66.7 Å². The van der Waals surface area contributed by atoms with E-state index in [9.17, 15) is 70.2 Å². The molecule has 8 heterocycles. The number of fused-ring (bicyclic) bond motifs is 15.